The van der Waals surface area contributed by atoms with Gasteiger partial charge in [0.05, 0.1) is 0 Å². The smallest absolute Gasteiger partial charge is 0.312 e. The Labute approximate surface area is 105 Å². The summed E-state index contributed by atoms with van der Waals surface area (Å²) in [6, 6.07) is 3.58. The summed E-state index contributed by atoms with van der Waals surface area (Å²) in [5.74, 6) is 4.89. The van der Waals surface area contributed by atoms with Gasteiger partial charge in [-0.05, 0) is 6.07 Å². The Balaban J connectivity index is 2.14. The summed E-state index contributed by atoms with van der Waals surface area (Å²) in [5.41, 5.74) is 3.26. The quantitative estimate of drug-likeness (QED) is 0.414. The first-order valence-corrected chi connectivity index (χ1v) is 5.58. The molecule has 1 saturated heterocycles. The van der Waals surface area contributed by atoms with E-state index in [0.29, 0.717) is 25.5 Å². The number of nitrogens with zero attached hydrogens (tertiary/aromatic N) is 3. The van der Waals surface area contributed by atoms with Gasteiger partial charge in [-0.15, -0.1) is 0 Å². The number of hydrazine groups is 1. The molecule has 0 unspecified atom stereocenters. The van der Waals surface area contributed by atoms with E-state index >= 15 is 0 Å². The highest BCUT2D eigenvalue weighted by Gasteiger charge is 2.30. The van der Waals surface area contributed by atoms with E-state index in [2.05, 4.69) is 10.4 Å². The van der Waals surface area contributed by atoms with E-state index in [1.807, 2.05) is 6.07 Å². The molecule has 0 atom stereocenters. The lowest BCUT2D eigenvalue weighted by atomic mass is 10.2. The minimum atomic E-state index is -0.490. The predicted molar refractivity (Wildman–Crippen MR) is 65.1 cm³/mol. The Kier molecular flexibility index (Phi) is 3.42. The highest BCUT2D eigenvalue weighted by atomic mass is 16.2. The zero-order valence-corrected chi connectivity index (χ0v) is 10.1. The number of hydrogen-bond donors (Lipinski definition) is 2. The SMILES string of the molecule is CN1CCN(Cc2cccnc2NN)C(=O)C1=O. The summed E-state index contributed by atoms with van der Waals surface area (Å²) in [7, 11) is 1.62. The molecule has 1 fully saturated rings. The first-order chi connectivity index (χ1) is 8.63. The van der Waals surface area contributed by atoms with E-state index in [1.54, 1.807) is 19.3 Å². The van der Waals surface area contributed by atoms with Crippen LogP contribution in [-0.4, -0.2) is 46.7 Å². The number of rotatable bonds is 3. The fourth-order valence-electron chi connectivity index (χ4n) is 1.82. The van der Waals surface area contributed by atoms with Crippen LogP contribution in [0.1, 0.15) is 5.56 Å². The van der Waals surface area contributed by atoms with E-state index in [0.717, 1.165) is 5.56 Å². The van der Waals surface area contributed by atoms with Crippen LogP contribution in [0.2, 0.25) is 0 Å². The molecule has 18 heavy (non-hydrogen) atoms. The third kappa shape index (κ3) is 2.25. The number of anilines is 1. The fraction of sp³-hybridized carbons (Fsp3) is 0.364. The van der Waals surface area contributed by atoms with E-state index in [4.69, 9.17) is 5.84 Å². The predicted octanol–water partition coefficient (Wildman–Crippen LogP) is -0.832. The van der Waals surface area contributed by atoms with Crippen molar-refractivity contribution in [2.24, 2.45) is 5.84 Å². The number of aromatic nitrogens is 1. The summed E-state index contributed by atoms with van der Waals surface area (Å²) in [6.45, 7) is 1.38. The second kappa shape index (κ2) is 5.01. The van der Waals surface area contributed by atoms with Crippen molar-refractivity contribution in [1.29, 1.82) is 0 Å². The molecule has 2 heterocycles. The van der Waals surface area contributed by atoms with Crippen LogP contribution in [0.5, 0.6) is 0 Å². The molecule has 7 heteroatoms. The Morgan fingerprint density at radius 1 is 1.39 bits per heavy atom. The summed E-state index contributed by atoms with van der Waals surface area (Å²) in [6.07, 6.45) is 1.61. The van der Waals surface area contributed by atoms with Crippen LogP contribution in [-0.2, 0) is 16.1 Å². The molecule has 0 bridgehead atoms. The molecule has 2 rings (SSSR count). The normalized spacial score (nSPS) is 16.1. The van der Waals surface area contributed by atoms with Gasteiger partial charge in [0.25, 0.3) is 0 Å². The third-order valence-electron chi connectivity index (χ3n) is 2.91. The average Bonchev–Trinajstić information content (AvgIpc) is 2.40. The van der Waals surface area contributed by atoms with Crippen LogP contribution < -0.4 is 11.3 Å². The zero-order chi connectivity index (χ0) is 13.1. The molecule has 96 valence electrons. The molecule has 0 radical (unpaired) electrons. The van der Waals surface area contributed by atoms with Crippen molar-refractivity contribution < 1.29 is 9.59 Å². The number of piperazine rings is 1. The largest absolute Gasteiger partial charge is 0.336 e. The van der Waals surface area contributed by atoms with E-state index in [9.17, 15) is 9.59 Å². The minimum Gasteiger partial charge on any atom is -0.336 e. The Morgan fingerprint density at radius 2 is 2.17 bits per heavy atom. The number of nitrogen functional groups attached to an aromatic ring is 1. The summed E-state index contributed by atoms with van der Waals surface area (Å²) >= 11 is 0. The number of nitrogens with one attached hydrogen (secondary N) is 1. The summed E-state index contributed by atoms with van der Waals surface area (Å²) < 4.78 is 0. The lowest BCUT2D eigenvalue weighted by molar-refractivity contribution is -0.155. The number of likely N-dealkylation sites (N-methyl/N-ethyl adjacent to an activating group) is 1. The van der Waals surface area contributed by atoms with Crippen LogP contribution in [0, 0.1) is 0 Å². The van der Waals surface area contributed by atoms with Crippen LogP contribution in [0.15, 0.2) is 18.3 Å². The van der Waals surface area contributed by atoms with Crippen molar-refractivity contribution in [3.05, 3.63) is 23.9 Å². The average molecular weight is 249 g/mol. The number of carbonyl (C=O) groups is 2. The van der Waals surface area contributed by atoms with Crippen LogP contribution in [0.25, 0.3) is 0 Å². The summed E-state index contributed by atoms with van der Waals surface area (Å²) in [5, 5.41) is 0. The number of pyridine rings is 1. The third-order valence-corrected chi connectivity index (χ3v) is 2.91. The number of amides is 2. The molecule has 1 aromatic heterocycles. The first-order valence-electron chi connectivity index (χ1n) is 5.58. The van der Waals surface area contributed by atoms with Gasteiger partial charge in [-0.1, -0.05) is 6.07 Å². The monoisotopic (exact) mass is 249 g/mol. The molecule has 1 aliphatic rings. The molecule has 2 amide bonds. The van der Waals surface area contributed by atoms with Gasteiger partial charge in [-0.3, -0.25) is 9.59 Å². The van der Waals surface area contributed by atoms with Crippen molar-refractivity contribution >= 4 is 17.6 Å². The molecule has 0 aliphatic carbocycles. The van der Waals surface area contributed by atoms with Crippen molar-refractivity contribution in [1.82, 2.24) is 14.8 Å². The highest BCUT2D eigenvalue weighted by Crippen LogP contribution is 2.15. The minimum absolute atomic E-state index is 0.325. The molecular weight excluding hydrogens is 234 g/mol. The standard InChI is InChI=1S/C11H15N5O2/c1-15-5-6-16(11(18)10(15)17)7-8-3-2-4-13-9(8)14-12/h2-4H,5-7,12H2,1H3,(H,13,14). The molecule has 1 aliphatic heterocycles. The molecule has 3 N–H and O–H groups in total. The van der Waals surface area contributed by atoms with E-state index < -0.39 is 11.8 Å². The number of hydrogen-bond acceptors (Lipinski definition) is 5. The lowest BCUT2D eigenvalue weighted by Gasteiger charge is -2.31. The van der Waals surface area contributed by atoms with Crippen LogP contribution in [0.4, 0.5) is 5.82 Å². The first kappa shape index (κ1) is 12.3. The Hall–Kier alpha value is -2.15. The maximum atomic E-state index is 11.8. The second-order valence-electron chi connectivity index (χ2n) is 4.11. The van der Waals surface area contributed by atoms with Gasteiger partial charge >= 0.3 is 11.8 Å². The van der Waals surface area contributed by atoms with Crippen molar-refractivity contribution in [2.45, 2.75) is 6.54 Å². The molecule has 1 aromatic rings. The Bertz CT molecular complexity index is 476. The van der Waals surface area contributed by atoms with Gasteiger partial charge in [-0.2, -0.15) is 0 Å². The molecule has 0 saturated carbocycles. The van der Waals surface area contributed by atoms with E-state index in [-0.39, 0.29) is 0 Å². The molecule has 7 nitrogen and oxygen atoms in total. The Morgan fingerprint density at radius 3 is 2.89 bits per heavy atom. The second-order valence-corrected chi connectivity index (χ2v) is 4.11. The molecule has 0 aromatic carbocycles. The van der Waals surface area contributed by atoms with Crippen molar-refractivity contribution in [3.8, 4) is 0 Å². The van der Waals surface area contributed by atoms with Gasteiger partial charge in [0.1, 0.15) is 5.82 Å². The fourth-order valence-corrected chi connectivity index (χ4v) is 1.82. The topological polar surface area (TPSA) is 91.6 Å². The van der Waals surface area contributed by atoms with Gasteiger partial charge < -0.3 is 15.2 Å². The van der Waals surface area contributed by atoms with E-state index in [1.165, 1.54) is 9.80 Å². The zero-order valence-electron chi connectivity index (χ0n) is 10.1. The maximum absolute atomic E-state index is 11.8. The van der Waals surface area contributed by atoms with Gasteiger partial charge in [0, 0.05) is 38.4 Å². The highest BCUT2D eigenvalue weighted by molar-refractivity contribution is 6.35. The number of nitrogens with two attached hydrogens (primary N) is 1. The van der Waals surface area contributed by atoms with Crippen LogP contribution in [0.3, 0.4) is 0 Å². The maximum Gasteiger partial charge on any atom is 0.312 e. The van der Waals surface area contributed by atoms with Crippen LogP contribution >= 0.6 is 0 Å². The van der Waals surface area contributed by atoms with Gasteiger partial charge in [0.2, 0.25) is 0 Å². The molecule has 0 spiro atoms. The van der Waals surface area contributed by atoms with Crippen molar-refractivity contribution in [3.63, 3.8) is 0 Å². The molecular formula is C11H15N5O2. The van der Waals surface area contributed by atoms with Crippen molar-refractivity contribution in [2.75, 3.05) is 25.6 Å². The summed E-state index contributed by atoms with van der Waals surface area (Å²) in [4.78, 5) is 30.3. The number of carbonyl (C=O) groups excluding carboxylic acids is 2. The van der Waals surface area contributed by atoms with Gasteiger partial charge in [-0.25, -0.2) is 10.8 Å². The van der Waals surface area contributed by atoms with Gasteiger partial charge in [0.15, 0.2) is 0 Å². The lowest BCUT2D eigenvalue weighted by Crippen LogP contribution is -2.52.